The van der Waals surface area contributed by atoms with Crippen LogP contribution in [0.4, 0.5) is 11.4 Å². The zero-order chi connectivity index (χ0) is 21.1. The Morgan fingerprint density at radius 2 is 1.90 bits per heavy atom. The number of hydrogen-bond acceptors (Lipinski definition) is 6. The maximum atomic E-state index is 12.6. The summed E-state index contributed by atoms with van der Waals surface area (Å²) >= 11 is 5.55. The molecule has 1 heterocycles. The molecule has 9 heteroatoms. The standard InChI is InChI=1S/C20H19N3O5S/c1-12-17(19(24)28-3)18(13-5-4-6-15(11-13)23(25)26)21-20(29)22(12)14-7-9-16(27-2)10-8-14/h4-11,18H,1-3H3,(H,21,29). The van der Waals surface area contributed by atoms with Crippen LogP contribution in [0.1, 0.15) is 18.5 Å². The van der Waals surface area contributed by atoms with Crippen molar-refractivity contribution < 1.29 is 19.2 Å². The molecular formula is C20H19N3O5S. The number of non-ortho nitro benzene ring substituents is 1. The number of carbonyl (C=O) groups excluding carboxylic acids is 1. The van der Waals surface area contributed by atoms with Crippen LogP contribution in [0.3, 0.4) is 0 Å². The first-order valence-electron chi connectivity index (χ1n) is 8.65. The minimum Gasteiger partial charge on any atom is -0.497 e. The SMILES string of the molecule is COC(=O)C1=C(C)N(c2ccc(OC)cc2)C(=S)NC1c1cccc([N+](=O)[O-])c1. The van der Waals surface area contributed by atoms with E-state index in [4.69, 9.17) is 21.7 Å². The summed E-state index contributed by atoms with van der Waals surface area (Å²) in [6.45, 7) is 1.76. The Morgan fingerprint density at radius 3 is 2.48 bits per heavy atom. The van der Waals surface area contributed by atoms with Gasteiger partial charge in [0.15, 0.2) is 5.11 Å². The molecule has 150 valence electrons. The monoisotopic (exact) mass is 413 g/mol. The Hall–Kier alpha value is -3.46. The van der Waals surface area contributed by atoms with Gasteiger partial charge in [-0.1, -0.05) is 12.1 Å². The summed E-state index contributed by atoms with van der Waals surface area (Å²) < 4.78 is 10.2. The van der Waals surface area contributed by atoms with Gasteiger partial charge in [0.05, 0.1) is 30.8 Å². The molecule has 0 saturated carbocycles. The average Bonchev–Trinajstić information content (AvgIpc) is 2.73. The number of ether oxygens (including phenoxy) is 2. The van der Waals surface area contributed by atoms with E-state index in [0.29, 0.717) is 27.7 Å². The topological polar surface area (TPSA) is 93.9 Å². The fraction of sp³-hybridized carbons (Fsp3) is 0.200. The average molecular weight is 413 g/mol. The van der Waals surface area contributed by atoms with Crippen LogP contribution < -0.4 is 15.0 Å². The fourth-order valence-electron chi connectivity index (χ4n) is 3.23. The number of anilines is 1. The molecular weight excluding hydrogens is 394 g/mol. The molecule has 0 radical (unpaired) electrons. The normalized spacial score (nSPS) is 16.3. The number of nitro benzene ring substituents is 1. The van der Waals surface area contributed by atoms with E-state index >= 15 is 0 Å². The molecule has 1 unspecified atom stereocenters. The first-order chi connectivity index (χ1) is 13.9. The van der Waals surface area contributed by atoms with Gasteiger partial charge in [-0.15, -0.1) is 0 Å². The van der Waals surface area contributed by atoms with Gasteiger partial charge in [-0.25, -0.2) is 4.79 Å². The zero-order valence-electron chi connectivity index (χ0n) is 16.0. The molecule has 8 nitrogen and oxygen atoms in total. The number of rotatable bonds is 5. The van der Waals surface area contributed by atoms with E-state index in [-0.39, 0.29) is 5.69 Å². The maximum Gasteiger partial charge on any atom is 0.337 e. The predicted molar refractivity (Wildman–Crippen MR) is 112 cm³/mol. The van der Waals surface area contributed by atoms with Gasteiger partial charge < -0.3 is 14.8 Å². The van der Waals surface area contributed by atoms with E-state index in [1.807, 2.05) is 12.1 Å². The Morgan fingerprint density at radius 1 is 1.21 bits per heavy atom. The summed E-state index contributed by atoms with van der Waals surface area (Å²) in [7, 11) is 2.87. The highest BCUT2D eigenvalue weighted by Gasteiger charge is 2.35. The van der Waals surface area contributed by atoms with E-state index in [2.05, 4.69) is 5.32 Å². The summed E-state index contributed by atoms with van der Waals surface area (Å²) in [5.74, 6) is 0.140. The molecule has 2 aromatic carbocycles. The second-order valence-electron chi connectivity index (χ2n) is 6.26. The predicted octanol–water partition coefficient (Wildman–Crippen LogP) is 3.49. The number of benzene rings is 2. The molecule has 0 saturated heterocycles. The Labute approximate surface area is 172 Å². The van der Waals surface area contributed by atoms with E-state index in [1.165, 1.54) is 19.2 Å². The van der Waals surface area contributed by atoms with Gasteiger partial charge in [0.2, 0.25) is 0 Å². The lowest BCUT2D eigenvalue weighted by atomic mass is 9.94. The lowest BCUT2D eigenvalue weighted by molar-refractivity contribution is -0.384. The number of thiocarbonyl (C=S) groups is 1. The van der Waals surface area contributed by atoms with Crippen molar-refractivity contribution in [1.29, 1.82) is 0 Å². The molecule has 0 aromatic heterocycles. The second kappa shape index (κ2) is 8.27. The summed E-state index contributed by atoms with van der Waals surface area (Å²) in [4.78, 5) is 25.0. The molecule has 29 heavy (non-hydrogen) atoms. The van der Waals surface area contributed by atoms with Crippen LogP contribution >= 0.6 is 12.2 Å². The van der Waals surface area contributed by atoms with Gasteiger partial charge in [0.1, 0.15) is 5.75 Å². The van der Waals surface area contributed by atoms with Gasteiger partial charge >= 0.3 is 5.97 Å². The smallest absolute Gasteiger partial charge is 0.337 e. The molecule has 0 bridgehead atoms. The minimum atomic E-state index is -0.677. The van der Waals surface area contributed by atoms with E-state index in [0.717, 1.165) is 5.69 Å². The minimum absolute atomic E-state index is 0.0744. The molecule has 1 aliphatic heterocycles. The van der Waals surface area contributed by atoms with Gasteiger partial charge in [-0.3, -0.25) is 15.0 Å². The maximum absolute atomic E-state index is 12.6. The number of esters is 1. The Bertz CT molecular complexity index is 1000. The number of nitrogens with one attached hydrogen (secondary N) is 1. The van der Waals surface area contributed by atoms with Crippen molar-refractivity contribution in [3.8, 4) is 5.75 Å². The number of nitro groups is 1. The van der Waals surface area contributed by atoms with E-state index in [9.17, 15) is 14.9 Å². The quantitative estimate of drug-likeness (QED) is 0.345. The van der Waals surface area contributed by atoms with E-state index in [1.54, 1.807) is 43.2 Å². The Kier molecular flexibility index (Phi) is 5.79. The third-order valence-corrected chi connectivity index (χ3v) is 4.94. The van der Waals surface area contributed by atoms with Crippen molar-refractivity contribution in [2.45, 2.75) is 13.0 Å². The largest absolute Gasteiger partial charge is 0.497 e. The molecule has 1 aliphatic rings. The first kappa shape index (κ1) is 20.3. The van der Waals surface area contributed by atoms with Crippen LogP contribution in [0.5, 0.6) is 5.75 Å². The zero-order valence-corrected chi connectivity index (χ0v) is 16.9. The van der Waals surface area contributed by atoms with Crippen molar-refractivity contribution in [3.05, 3.63) is 75.5 Å². The molecule has 1 N–H and O–H groups in total. The molecule has 0 fully saturated rings. The number of methoxy groups -OCH3 is 2. The van der Waals surface area contributed by atoms with Gasteiger partial charge in [0.25, 0.3) is 5.69 Å². The van der Waals surface area contributed by atoms with Crippen LogP contribution in [0.25, 0.3) is 0 Å². The molecule has 0 amide bonds. The van der Waals surface area contributed by atoms with Crippen LogP contribution in [-0.2, 0) is 9.53 Å². The first-order valence-corrected chi connectivity index (χ1v) is 9.06. The second-order valence-corrected chi connectivity index (χ2v) is 6.65. The lowest BCUT2D eigenvalue weighted by Gasteiger charge is -2.37. The van der Waals surface area contributed by atoms with Crippen molar-refractivity contribution >= 4 is 34.7 Å². The number of allylic oxidation sites excluding steroid dienone is 1. The summed E-state index contributed by atoms with van der Waals surface area (Å²) in [5.41, 5.74) is 2.09. The summed E-state index contributed by atoms with van der Waals surface area (Å²) in [6.07, 6.45) is 0. The van der Waals surface area contributed by atoms with Gasteiger partial charge in [-0.2, -0.15) is 0 Å². The van der Waals surface area contributed by atoms with Gasteiger partial charge in [0, 0.05) is 23.5 Å². The van der Waals surface area contributed by atoms with Crippen molar-refractivity contribution in [3.63, 3.8) is 0 Å². The lowest BCUT2D eigenvalue weighted by Crippen LogP contribution is -2.48. The molecule has 1 atom stereocenters. The summed E-state index contributed by atoms with van der Waals surface area (Å²) in [6, 6.07) is 12.6. The number of carbonyl (C=O) groups is 1. The van der Waals surface area contributed by atoms with Crippen molar-refractivity contribution in [2.75, 3.05) is 19.1 Å². The van der Waals surface area contributed by atoms with E-state index < -0.39 is 16.9 Å². The third kappa shape index (κ3) is 3.90. The molecule has 0 aliphatic carbocycles. The van der Waals surface area contributed by atoms with Gasteiger partial charge in [-0.05, 0) is 49.0 Å². The van der Waals surface area contributed by atoms with Crippen LogP contribution in [-0.4, -0.2) is 30.2 Å². The molecule has 3 rings (SSSR count). The highest BCUT2D eigenvalue weighted by Crippen LogP contribution is 2.35. The molecule has 0 spiro atoms. The molecule has 2 aromatic rings. The number of nitrogens with zero attached hydrogens (tertiary/aromatic N) is 2. The highest BCUT2D eigenvalue weighted by atomic mass is 32.1. The van der Waals surface area contributed by atoms with Crippen LogP contribution in [0.15, 0.2) is 59.8 Å². The van der Waals surface area contributed by atoms with Crippen LogP contribution in [0.2, 0.25) is 0 Å². The Balaban J connectivity index is 2.11. The van der Waals surface area contributed by atoms with Crippen molar-refractivity contribution in [2.24, 2.45) is 0 Å². The highest BCUT2D eigenvalue weighted by molar-refractivity contribution is 7.80. The number of hydrogen-bond donors (Lipinski definition) is 1. The van der Waals surface area contributed by atoms with Crippen molar-refractivity contribution in [1.82, 2.24) is 5.32 Å². The summed E-state index contributed by atoms with van der Waals surface area (Å²) in [5, 5.41) is 14.6. The van der Waals surface area contributed by atoms with Crippen LogP contribution in [0, 0.1) is 10.1 Å². The third-order valence-electron chi connectivity index (χ3n) is 4.64. The fourth-order valence-corrected chi connectivity index (χ4v) is 3.59.